The number of hydrogen-bond donors (Lipinski definition) is 2. The maximum atomic E-state index is 12.3. The number of aromatic nitrogens is 1. The molecule has 0 atom stereocenters. The molecule has 1 heterocycles. The van der Waals surface area contributed by atoms with Crippen LogP contribution in [0.25, 0.3) is 10.8 Å². The summed E-state index contributed by atoms with van der Waals surface area (Å²) in [5.74, 6) is 0. The Kier molecular flexibility index (Phi) is 5.55. The zero-order valence-corrected chi connectivity index (χ0v) is 15.1. The van der Waals surface area contributed by atoms with Crippen LogP contribution in [0.4, 0.5) is 23.7 Å². The fourth-order valence-electron chi connectivity index (χ4n) is 2.54. The highest BCUT2D eigenvalue weighted by atomic mass is 32.2. The van der Waals surface area contributed by atoms with Crippen molar-refractivity contribution in [1.82, 2.24) is 10.3 Å². The van der Waals surface area contributed by atoms with Crippen LogP contribution in [0.3, 0.4) is 0 Å². The predicted octanol–water partition coefficient (Wildman–Crippen LogP) is 5.48. The molecule has 0 aliphatic heterocycles. The van der Waals surface area contributed by atoms with E-state index in [0.29, 0.717) is 11.3 Å². The molecule has 0 aliphatic rings. The minimum absolute atomic E-state index is 0.107. The summed E-state index contributed by atoms with van der Waals surface area (Å²) < 4.78 is 37.0. The maximum absolute atomic E-state index is 12.3. The summed E-state index contributed by atoms with van der Waals surface area (Å²) >= 11 is -0.167. The molecule has 2 amide bonds. The van der Waals surface area contributed by atoms with Crippen molar-refractivity contribution in [1.29, 1.82) is 0 Å². The number of carbonyl (C=O) groups excluding carboxylic acids is 1. The third-order valence-corrected chi connectivity index (χ3v) is 4.50. The molecule has 27 heavy (non-hydrogen) atoms. The molecule has 0 saturated heterocycles. The van der Waals surface area contributed by atoms with E-state index in [2.05, 4.69) is 15.6 Å². The zero-order chi connectivity index (χ0) is 19.4. The van der Waals surface area contributed by atoms with Gasteiger partial charge in [0.2, 0.25) is 0 Å². The van der Waals surface area contributed by atoms with Gasteiger partial charge in [0.05, 0.1) is 5.69 Å². The largest absolute Gasteiger partial charge is 0.446 e. The lowest BCUT2D eigenvalue weighted by Crippen LogP contribution is -2.28. The summed E-state index contributed by atoms with van der Waals surface area (Å²) in [6.45, 7) is 2.07. The van der Waals surface area contributed by atoms with Crippen molar-refractivity contribution >= 4 is 34.3 Å². The predicted molar refractivity (Wildman–Crippen MR) is 101 cm³/mol. The quantitative estimate of drug-likeness (QED) is 0.579. The van der Waals surface area contributed by atoms with E-state index in [-0.39, 0.29) is 23.2 Å². The van der Waals surface area contributed by atoms with Crippen molar-refractivity contribution in [3.63, 3.8) is 0 Å². The number of aryl methyl sites for hydroxylation is 1. The molecule has 0 fully saturated rings. The first-order valence-electron chi connectivity index (χ1n) is 8.05. The van der Waals surface area contributed by atoms with Gasteiger partial charge in [-0.2, -0.15) is 13.2 Å². The number of urea groups is 1. The van der Waals surface area contributed by atoms with Gasteiger partial charge in [-0.15, -0.1) is 0 Å². The Hall–Kier alpha value is -2.74. The lowest BCUT2D eigenvalue weighted by molar-refractivity contribution is -0.0328. The van der Waals surface area contributed by atoms with Crippen LogP contribution in [0.5, 0.6) is 0 Å². The standard InChI is InChI=1S/C19H16F3N3OS/c1-12-9-16-14(11-23-12)3-2-4-17(16)25-18(26)24-10-13-5-7-15(8-6-13)27-19(20,21)22/h2-9,11H,10H2,1H3,(H2,24,25,26). The number of anilines is 1. The molecule has 1 aromatic heterocycles. The van der Waals surface area contributed by atoms with Crippen LogP contribution in [0.1, 0.15) is 11.3 Å². The highest BCUT2D eigenvalue weighted by Gasteiger charge is 2.28. The SMILES string of the molecule is Cc1cc2c(NC(=O)NCc3ccc(SC(F)(F)F)cc3)cccc2cn1. The number of nitrogens with one attached hydrogen (secondary N) is 2. The molecule has 2 N–H and O–H groups in total. The fourth-order valence-corrected chi connectivity index (χ4v) is 3.08. The first-order chi connectivity index (χ1) is 12.8. The van der Waals surface area contributed by atoms with Gasteiger partial charge in [-0.05, 0) is 48.5 Å². The number of fused-ring (bicyclic) bond motifs is 1. The van der Waals surface area contributed by atoms with Crippen LogP contribution >= 0.6 is 11.8 Å². The highest BCUT2D eigenvalue weighted by Crippen LogP contribution is 2.36. The number of carbonyl (C=O) groups is 1. The molecule has 8 heteroatoms. The van der Waals surface area contributed by atoms with Crippen LogP contribution < -0.4 is 10.6 Å². The molecule has 140 valence electrons. The van der Waals surface area contributed by atoms with Crippen molar-refractivity contribution < 1.29 is 18.0 Å². The van der Waals surface area contributed by atoms with E-state index in [0.717, 1.165) is 16.5 Å². The molecule has 0 aliphatic carbocycles. The lowest BCUT2D eigenvalue weighted by Gasteiger charge is -2.11. The second-order valence-corrected chi connectivity index (χ2v) is 6.99. The first-order valence-corrected chi connectivity index (χ1v) is 8.87. The number of halogens is 3. The Morgan fingerprint density at radius 1 is 1.15 bits per heavy atom. The summed E-state index contributed by atoms with van der Waals surface area (Å²) in [4.78, 5) is 16.5. The third kappa shape index (κ3) is 5.37. The van der Waals surface area contributed by atoms with Gasteiger partial charge in [0.15, 0.2) is 0 Å². The van der Waals surface area contributed by atoms with Gasteiger partial charge in [0.1, 0.15) is 0 Å². The number of hydrogen-bond acceptors (Lipinski definition) is 3. The molecule has 4 nitrogen and oxygen atoms in total. The molecular formula is C19H16F3N3OS. The minimum Gasteiger partial charge on any atom is -0.334 e. The summed E-state index contributed by atoms with van der Waals surface area (Å²) in [5.41, 5.74) is -2.11. The van der Waals surface area contributed by atoms with Crippen LogP contribution in [0.15, 0.2) is 59.6 Å². The molecule has 0 spiro atoms. The average Bonchev–Trinajstić information content (AvgIpc) is 2.60. The number of alkyl halides is 3. The van der Waals surface area contributed by atoms with Crippen molar-refractivity contribution in [3.8, 4) is 0 Å². The summed E-state index contributed by atoms with van der Waals surface area (Å²) in [7, 11) is 0. The number of thioether (sulfide) groups is 1. The highest BCUT2D eigenvalue weighted by molar-refractivity contribution is 8.00. The van der Waals surface area contributed by atoms with Crippen molar-refractivity contribution in [2.45, 2.75) is 23.9 Å². The lowest BCUT2D eigenvalue weighted by atomic mass is 10.1. The average molecular weight is 391 g/mol. The van der Waals surface area contributed by atoms with Gasteiger partial charge in [-0.1, -0.05) is 24.3 Å². The summed E-state index contributed by atoms with van der Waals surface area (Å²) in [6, 6.07) is 12.9. The molecule has 0 radical (unpaired) electrons. The van der Waals surface area contributed by atoms with Gasteiger partial charge in [0, 0.05) is 34.1 Å². The van der Waals surface area contributed by atoms with E-state index in [1.807, 2.05) is 25.1 Å². The monoisotopic (exact) mass is 391 g/mol. The van der Waals surface area contributed by atoms with Crippen molar-refractivity contribution in [3.05, 3.63) is 66.0 Å². The Morgan fingerprint density at radius 2 is 1.89 bits per heavy atom. The Morgan fingerprint density at radius 3 is 2.59 bits per heavy atom. The Labute approximate surface area is 158 Å². The third-order valence-electron chi connectivity index (χ3n) is 3.76. The van der Waals surface area contributed by atoms with Crippen LogP contribution in [0.2, 0.25) is 0 Å². The second-order valence-electron chi connectivity index (χ2n) is 5.85. The number of amides is 2. The molecule has 3 aromatic rings. The van der Waals surface area contributed by atoms with Gasteiger partial charge in [0.25, 0.3) is 0 Å². The second kappa shape index (κ2) is 7.87. The van der Waals surface area contributed by atoms with E-state index in [1.54, 1.807) is 24.4 Å². The van der Waals surface area contributed by atoms with Crippen LogP contribution in [0, 0.1) is 6.92 Å². The van der Waals surface area contributed by atoms with Gasteiger partial charge in [-0.3, -0.25) is 4.98 Å². The van der Waals surface area contributed by atoms with E-state index >= 15 is 0 Å². The topological polar surface area (TPSA) is 54.0 Å². The van der Waals surface area contributed by atoms with E-state index in [9.17, 15) is 18.0 Å². The number of nitrogens with zero attached hydrogens (tertiary/aromatic N) is 1. The number of benzene rings is 2. The van der Waals surface area contributed by atoms with Gasteiger partial charge >= 0.3 is 11.5 Å². The van der Waals surface area contributed by atoms with Crippen LogP contribution in [-0.4, -0.2) is 16.5 Å². The normalized spacial score (nSPS) is 11.4. The van der Waals surface area contributed by atoms with Gasteiger partial charge in [-0.25, -0.2) is 4.79 Å². The van der Waals surface area contributed by atoms with E-state index < -0.39 is 11.5 Å². The van der Waals surface area contributed by atoms with Crippen molar-refractivity contribution in [2.24, 2.45) is 0 Å². The Balaban J connectivity index is 1.61. The Bertz CT molecular complexity index is 959. The minimum atomic E-state index is -4.31. The molecule has 2 aromatic carbocycles. The number of pyridine rings is 1. The van der Waals surface area contributed by atoms with Crippen LogP contribution in [-0.2, 0) is 6.54 Å². The van der Waals surface area contributed by atoms with E-state index in [4.69, 9.17) is 0 Å². The fraction of sp³-hybridized carbons (Fsp3) is 0.158. The molecule has 0 unspecified atom stereocenters. The molecule has 0 bridgehead atoms. The molecule has 3 rings (SSSR count). The smallest absolute Gasteiger partial charge is 0.334 e. The van der Waals surface area contributed by atoms with Crippen molar-refractivity contribution in [2.75, 3.05) is 5.32 Å². The number of rotatable bonds is 4. The van der Waals surface area contributed by atoms with E-state index in [1.165, 1.54) is 12.1 Å². The maximum Gasteiger partial charge on any atom is 0.446 e. The first kappa shape index (κ1) is 19.0. The zero-order valence-electron chi connectivity index (χ0n) is 14.3. The molecular weight excluding hydrogens is 375 g/mol. The van der Waals surface area contributed by atoms with Gasteiger partial charge < -0.3 is 10.6 Å². The summed E-state index contributed by atoms with van der Waals surface area (Å²) in [5, 5.41) is 7.29. The summed E-state index contributed by atoms with van der Waals surface area (Å²) in [6.07, 6.45) is 1.74. The molecule has 0 saturated carbocycles.